The minimum atomic E-state index is -0.314. The zero-order valence-electron chi connectivity index (χ0n) is 8.21. The van der Waals surface area contributed by atoms with Crippen LogP contribution in [0.1, 0.15) is 26.2 Å². The molecule has 0 bridgehead atoms. The fourth-order valence-corrected chi connectivity index (χ4v) is 1.76. The highest BCUT2D eigenvalue weighted by Crippen LogP contribution is 2.16. The molecule has 0 saturated carbocycles. The number of hydrogen-bond donors (Lipinski definition) is 1. The maximum atomic E-state index is 11.9. The maximum Gasteiger partial charge on any atom is 0.275 e. The molecule has 1 amide bonds. The number of quaternary nitrogens is 1. The van der Waals surface area contributed by atoms with E-state index in [1.54, 1.807) is 0 Å². The Bertz CT molecular complexity index is 176. The molecule has 1 aliphatic rings. The maximum absolute atomic E-state index is 11.9. The van der Waals surface area contributed by atoms with Crippen LogP contribution < -0.4 is 5.32 Å². The molecule has 13 heavy (non-hydrogen) atoms. The molecule has 0 spiro atoms. The van der Waals surface area contributed by atoms with Crippen LogP contribution in [0.4, 0.5) is 0 Å². The Kier molecular flexibility index (Phi) is 3.69. The van der Waals surface area contributed by atoms with Crippen molar-refractivity contribution in [2.75, 3.05) is 26.2 Å². The van der Waals surface area contributed by atoms with Crippen molar-refractivity contribution in [2.45, 2.75) is 26.2 Å². The first kappa shape index (κ1) is 10.5. The standard InChI is InChI=1S/C9H18N2O2/c1-2-10-9(12)8-11(13)6-4-3-5-7-11/h2-8H2,1H3,(H,10,12). The number of hydroxylamine groups is 3. The lowest BCUT2D eigenvalue weighted by molar-refractivity contribution is -0.877. The number of amides is 1. The molecule has 4 heteroatoms. The molecule has 1 fully saturated rings. The van der Waals surface area contributed by atoms with Crippen LogP contribution in [0.3, 0.4) is 0 Å². The Labute approximate surface area is 79.1 Å². The predicted molar refractivity (Wildman–Crippen MR) is 50.8 cm³/mol. The molecule has 0 aliphatic carbocycles. The van der Waals surface area contributed by atoms with E-state index in [1.807, 2.05) is 6.92 Å². The minimum Gasteiger partial charge on any atom is -0.632 e. The molecule has 1 saturated heterocycles. The number of piperidine rings is 1. The number of hydrogen-bond acceptors (Lipinski definition) is 2. The van der Waals surface area contributed by atoms with E-state index in [9.17, 15) is 10.0 Å². The molecule has 1 N–H and O–H groups in total. The summed E-state index contributed by atoms with van der Waals surface area (Å²) in [4.78, 5) is 11.2. The van der Waals surface area contributed by atoms with Crippen molar-refractivity contribution in [3.8, 4) is 0 Å². The fourth-order valence-electron chi connectivity index (χ4n) is 1.76. The number of carbonyl (C=O) groups excluding carboxylic acids is 1. The van der Waals surface area contributed by atoms with E-state index in [4.69, 9.17) is 0 Å². The number of likely N-dealkylation sites (tertiary alicyclic amines) is 1. The number of rotatable bonds is 3. The third-order valence-corrected chi connectivity index (χ3v) is 2.44. The van der Waals surface area contributed by atoms with E-state index in [1.165, 1.54) is 0 Å². The van der Waals surface area contributed by atoms with Crippen molar-refractivity contribution in [3.63, 3.8) is 0 Å². The quantitative estimate of drug-likeness (QED) is 0.519. The van der Waals surface area contributed by atoms with Crippen LogP contribution in [-0.4, -0.2) is 36.7 Å². The van der Waals surface area contributed by atoms with Crippen molar-refractivity contribution < 1.29 is 9.44 Å². The van der Waals surface area contributed by atoms with Gasteiger partial charge in [0, 0.05) is 6.54 Å². The van der Waals surface area contributed by atoms with Crippen LogP contribution in [-0.2, 0) is 4.79 Å². The molecule has 0 aromatic rings. The lowest BCUT2D eigenvalue weighted by atomic mass is 10.1. The first-order valence-corrected chi connectivity index (χ1v) is 5.00. The highest BCUT2D eigenvalue weighted by atomic mass is 16.5. The molecule has 1 heterocycles. The van der Waals surface area contributed by atoms with Crippen LogP contribution in [0.15, 0.2) is 0 Å². The van der Waals surface area contributed by atoms with Crippen LogP contribution in [0, 0.1) is 5.21 Å². The Morgan fingerprint density at radius 3 is 2.54 bits per heavy atom. The van der Waals surface area contributed by atoms with Gasteiger partial charge in [-0.3, -0.25) is 4.79 Å². The Morgan fingerprint density at radius 2 is 2.00 bits per heavy atom. The van der Waals surface area contributed by atoms with Gasteiger partial charge in [-0.05, 0) is 26.2 Å². The summed E-state index contributed by atoms with van der Waals surface area (Å²) in [7, 11) is 0. The van der Waals surface area contributed by atoms with Crippen molar-refractivity contribution in [1.29, 1.82) is 0 Å². The van der Waals surface area contributed by atoms with E-state index in [2.05, 4.69) is 5.32 Å². The van der Waals surface area contributed by atoms with Gasteiger partial charge in [0.1, 0.15) is 0 Å². The summed E-state index contributed by atoms with van der Waals surface area (Å²) >= 11 is 0. The summed E-state index contributed by atoms with van der Waals surface area (Å²) < 4.78 is -0.314. The van der Waals surface area contributed by atoms with Gasteiger partial charge in [0.05, 0.1) is 13.1 Å². The van der Waals surface area contributed by atoms with Crippen LogP contribution in [0.25, 0.3) is 0 Å². The number of nitrogens with one attached hydrogen (secondary N) is 1. The smallest absolute Gasteiger partial charge is 0.275 e. The predicted octanol–water partition coefficient (Wildman–Crippen LogP) is 0.621. The molecule has 4 nitrogen and oxygen atoms in total. The third kappa shape index (κ3) is 3.32. The van der Waals surface area contributed by atoms with Gasteiger partial charge >= 0.3 is 0 Å². The van der Waals surface area contributed by atoms with Crippen LogP contribution >= 0.6 is 0 Å². The average molecular weight is 186 g/mol. The van der Waals surface area contributed by atoms with Gasteiger partial charge < -0.3 is 15.2 Å². The minimum absolute atomic E-state index is 0.105. The lowest BCUT2D eigenvalue weighted by Crippen LogP contribution is -2.51. The number of likely N-dealkylation sites (N-methyl/N-ethyl adjacent to an activating group) is 1. The zero-order chi connectivity index (χ0) is 9.73. The molecule has 0 unspecified atom stereocenters. The number of carbonyl (C=O) groups is 1. The first-order chi connectivity index (χ1) is 6.16. The second-order valence-corrected chi connectivity index (χ2v) is 3.68. The van der Waals surface area contributed by atoms with E-state index in [0.717, 1.165) is 19.3 Å². The average Bonchev–Trinajstić information content (AvgIpc) is 2.04. The normalized spacial score (nSPS) is 21.1. The van der Waals surface area contributed by atoms with Crippen molar-refractivity contribution >= 4 is 5.91 Å². The summed E-state index contributed by atoms with van der Waals surface area (Å²) in [6.45, 7) is 3.80. The fraction of sp³-hybridized carbons (Fsp3) is 0.889. The van der Waals surface area contributed by atoms with Gasteiger partial charge in [-0.1, -0.05) is 0 Å². The SMILES string of the molecule is CCNC(=O)C[N+]1([O-])CCCCC1. The topological polar surface area (TPSA) is 52.2 Å². The molecule has 76 valence electrons. The summed E-state index contributed by atoms with van der Waals surface area (Å²) in [5.41, 5.74) is 0. The van der Waals surface area contributed by atoms with E-state index in [-0.39, 0.29) is 17.1 Å². The summed E-state index contributed by atoms with van der Waals surface area (Å²) in [6, 6.07) is 0. The molecule has 0 radical (unpaired) electrons. The molecular formula is C9H18N2O2. The number of nitrogens with zero attached hydrogens (tertiary/aromatic N) is 1. The Morgan fingerprint density at radius 1 is 1.38 bits per heavy atom. The van der Waals surface area contributed by atoms with E-state index >= 15 is 0 Å². The molecule has 1 aliphatic heterocycles. The van der Waals surface area contributed by atoms with Gasteiger partial charge in [-0.2, -0.15) is 0 Å². The molecular weight excluding hydrogens is 168 g/mol. The zero-order valence-corrected chi connectivity index (χ0v) is 8.21. The van der Waals surface area contributed by atoms with E-state index in [0.29, 0.717) is 19.6 Å². The molecule has 0 aromatic carbocycles. The molecule has 1 rings (SSSR count). The van der Waals surface area contributed by atoms with Crippen LogP contribution in [0.5, 0.6) is 0 Å². The first-order valence-electron chi connectivity index (χ1n) is 5.00. The van der Waals surface area contributed by atoms with Gasteiger partial charge in [0.15, 0.2) is 6.54 Å². The lowest BCUT2D eigenvalue weighted by Gasteiger charge is -2.44. The highest BCUT2D eigenvalue weighted by molar-refractivity contribution is 5.77. The van der Waals surface area contributed by atoms with Crippen molar-refractivity contribution in [3.05, 3.63) is 5.21 Å². The summed E-state index contributed by atoms with van der Waals surface area (Å²) in [5.74, 6) is -0.112. The molecule has 0 atom stereocenters. The highest BCUT2D eigenvalue weighted by Gasteiger charge is 2.23. The largest absolute Gasteiger partial charge is 0.632 e. The monoisotopic (exact) mass is 186 g/mol. The van der Waals surface area contributed by atoms with Crippen molar-refractivity contribution in [2.24, 2.45) is 0 Å². The second-order valence-electron chi connectivity index (χ2n) is 3.68. The summed E-state index contributed by atoms with van der Waals surface area (Å²) in [5, 5.41) is 14.5. The van der Waals surface area contributed by atoms with Crippen molar-refractivity contribution in [1.82, 2.24) is 5.32 Å². The van der Waals surface area contributed by atoms with Crippen LogP contribution in [0.2, 0.25) is 0 Å². The molecule has 0 aromatic heterocycles. The van der Waals surface area contributed by atoms with Gasteiger partial charge in [-0.25, -0.2) is 0 Å². The third-order valence-electron chi connectivity index (χ3n) is 2.44. The van der Waals surface area contributed by atoms with E-state index < -0.39 is 0 Å². The van der Waals surface area contributed by atoms with Gasteiger partial charge in [0.25, 0.3) is 5.91 Å². The second kappa shape index (κ2) is 4.58. The Hall–Kier alpha value is -0.610. The van der Waals surface area contributed by atoms with Gasteiger partial charge in [-0.15, -0.1) is 0 Å². The Balaban J connectivity index is 2.36. The summed E-state index contributed by atoms with van der Waals surface area (Å²) in [6.07, 6.45) is 3.06. The van der Waals surface area contributed by atoms with Gasteiger partial charge in [0.2, 0.25) is 0 Å².